The zero-order valence-corrected chi connectivity index (χ0v) is 37.1. The van der Waals surface area contributed by atoms with Gasteiger partial charge in [0, 0.05) is 32.4 Å². The van der Waals surface area contributed by atoms with Crippen molar-refractivity contribution in [2.24, 2.45) is 4.99 Å². The third-order valence-corrected chi connectivity index (χ3v) is 16.3. The normalized spacial score (nSPS) is 27.0. The molecule has 17 heteroatoms. The summed E-state index contributed by atoms with van der Waals surface area (Å²) in [6, 6.07) is 25.7. The Labute approximate surface area is 365 Å². The van der Waals surface area contributed by atoms with Crippen LogP contribution in [-0.2, 0) is 38.2 Å². The highest BCUT2D eigenvalue weighted by Gasteiger charge is 2.55. The molecule has 1 unspecified atom stereocenters. The van der Waals surface area contributed by atoms with Crippen LogP contribution in [0.15, 0.2) is 96.5 Å². The van der Waals surface area contributed by atoms with Crippen molar-refractivity contribution in [1.29, 1.82) is 0 Å². The molecular weight excluding hydrogens is 832 g/mol. The molecule has 328 valence electrons. The van der Waals surface area contributed by atoms with Gasteiger partial charge < -0.3 is 33.3 Å². The van der Waals surface area contributed by atoms with Gasteiger partial charge in [0.05, 0.1) is 46.5 Å². The zero-order valence-electron chi connectivity index (χ0n) is 35.4. The molecule has 5 aromatic rings. The average molecular weight is 885 g/mol. The lowest BCUT2D eigenvalue weighted by Gasteiger charge is -2.37. The zero-order chi connectivity index (χ0) is 42.7. The number of amidine groups is 1. The summed E-state index contributed by atoms with van der Waals surface area (Å²) in [5.74, 6) is 2.82. The molecule has 3 saturated heterocycles. The predicted octanol–water partition coefficient (Wildman–Crippen LogP) is 8.10. The molecule has 15 nitrogen and oxygen atoms in total. The smallest absolute Gasteiger partial charge is 0.390 e. The molecule has 3 aliphatic heterocycles. The fourth-order valence-electron chi connectivity index (χ4n) is 8.94. The van der Waals surface area contributed by atoms with Gasteiger partial charge >= 0.3 is 6.80 Å². The molecule has 1 saturated carbocycles. The molecule has 0 bridgehead atoms. The number of nitrogens with zero attached hydrogens (tertiary/aromatic N) is 6. The van der Waals surface area contributed by atoms with Crippen molar-refractivity contribution in [3.63, 3.8) is 0 Å². The summed E-state index contributed by atoms with van der Waals surface area (Å²) in [6.07, 6.45) is 5.26. The van der Waals surface area contributed by atoms with E-state index < -0.39 is 36.9 Å². The van der Waals surface area contributed by atoms with Gasteiger partial charge in [0.15, 0.2) is 23.2 Å². The van der Waals surface area contributed by atoms with Gasteiger partial charge in [-0.25, -0.2) is 24.5 Å². The molecule has 62 heavy (non-hydrogen) atoms. The van der Waals surface area contributed by atoms with Crippen LogP contribution >= 0.6 is 18.2 Å². The van der Waals surface area contributed by atoms with Gasteiger partial charge in [-0.2, -0.15) is 0 Å². The van der Waals surface area contributed by atoms with Gasteiger partial charge in [-0.05, 0) is 71.6 Å². The Morgan fingerprint density at radius 1 is 0.855 bits per heavy atom. The van der Waals surface area contributed by atoms with Crippen LogP contribution in [0.4, 0.5) is 5.82 Å². The Bertz CT molecular complexity index is 2310. The number of hydrogen-bond donors (Lipinski definition) is 0. The fourth-order valence-corrected chi connectivity index (χ4v) is 13.9. The number of benzene rings is 3. The summed E-state index contributed by atoms with van der Waals surface area (Å²) >= 11 is 1.31. The van der Waals surface area contributed by atoms with Crippen molar-refractivity contribution in [2.75, 3.05) is 54.7 Å². The topological polar surface area (TPSA) is 150 Å². The predicted molar refractivity (Wildman–Crippen MR) is 235 cm³/mol. The number of likely N-dealkylation sites (tertiary alicyclic amines) is 1. The molecule has 7 atom stereocenters. The number of imidazole rings is 1. The van der Waals surface area contributed by atoms with Crippen LogP contribution in [0, 0.1) is 0 Å². The second-order valence-corrected chi connectivity index (χ2v) is 20.0. The largest absolute Gasteiger partial charge is 0.497 e. The van der Waals surface area contributed by atoms with Gasteiger partial charge in [0.1, 0.15) is 47.6 Å². The third kappa shape index (κ3) is 8.51. The number of hydrogen-bond acceptors (Lipinski definition) is 14. The first kappa shape index (κ1) is 42.9. The molecule has 2 aromatic heterocycles. The van der Waals surface area contributed by atoms with Crippen LogP contribution in [0.2, 0.25) is 0 Å². The van der Waals surface area contributed by atoms with E-state index in [4.69, 9.17) is 47.4 Å². The third-order valence-electron chi connectivity index (χ3n) is 12.1. The Morgan fingerprint density at radius 3 is 2.23 bits per heavy atom. The summed E-state index contributed by atoms with van der Waals surface area (Å²) in [4.78, 5) is 21.0. The Hall–Kier alpha value is -4.38. The van der Waals surface area contributed by atoms with Crippen LogP contribution in [0.3, 0.4) is 0 Å². The standard InChI is InChI=1S/C45H53N6O9PS/c1-50-24-10-15-38(50)49-42-39-43(47-28-46-42)51(29-48-39)44-41(56-26-25-53-2)40(60-61(52)59-35-13-8-9-14-37(35)62-61)36(58-44)27-57-45(30-11-6-5-7-12-30,31-16-20-33(54-3)21-17-31)32-18-22-34(55-4)23-19-32/h5-7,11-12,16-23,28-29,35-37,40-41,44H,8-10,13-15,24-27H2,1-4H3/t35-,36-,37-,40-,41-,44-,61?/m1/s1. The number of rotatable bonds is 16. The lowest BCUT2D eigenvalue weighted by Crippen LogP contribution is -2.41. The highest BCUT2D eigenvalue weighted by molar-refractivity contribution is 8.55. The van der Waals surface area contributed by atoms with E-state index in [0.29, 0.717) is 35.1 Å². The lowest BCUT2D eigenvalue weighted by molar-refractivity contribution is -0.0966. The molecule has 3 aromatic carbocycles. The van der Waals surface area contributed by atoms with E-state index in [0.717, 1.165) is 67.6 Å². The molecular formula is C45H53N6O9PS. The van der Waals surface area contributed by atoms with Crippen molar-refractivity contribution in [3.8, 4) is 11.5 Å². The van der Waals surface area contributed by atoms with E-state index in [1.807, 2.05) is 90.5 Å². The first-order valence-electron chi connectivity index (χ1n) is 21.2. The summed E-state index contributed by atoms with van der Waals surface area (Å²) in [5, 5.41) is 0.0828. The van der Waals surface area contributed by atoms with Crippen molar-refractivity contribution in [3.05, 3.63) is 108 Å². The van der Waals surface area contributed by atoms with Gasteiger partial charge in [-0.15, -0.1) is 0 Å². The Kier molecular flexibility index (Phi) is 13.0. The fraction of sp³-hybridized carbons (Fsp3) is 0.467. The highest BCUT2D eigenvalue weighted by Crippen LogP contribution is 2.72. The monoisotopic (exact) mass is 884 g/mol. The number of methoxy groups -OCH3 is 3. The van der Waals surface area contributed by atoms with Crippen LogP contribution in [0.5, 0.6) is 11.5 Å². The second-order valence-electron chi connectivity index (χ2n) is 15.9. The van der Waals surface area contributed by atoms with Crippen LogP contribution in [0.1, 0.15) is 61.4 Å². The van der Waals surface area contributed by atoms with E-state index in [9.17, 15) is 4.57 Å². The summed E-state index contributed by atoms with van der Waals surface area (Å²) in [7, 11) is 6.93. The lowest BCUT2D eigenvalue weighted by atomic mass is 9.80. The van der Waals surface area contributed by atoms with Crippen molar-refractivity contribution < 1.29 is 42.0 Å². The molecule has 0 amide bonds. The molecule has 9 rings (SSSR count). The van der Waals surface area contributed by atoms with Crippen LogP contribution in [0.25, 0.3) is 11.2 Å². The van der Waals surface area contributed by atoms with Gasteiger partial charge in [-0.3, -0.25) is 13.6 Å². The van der Waals surface area contributed by atoms with Gasteiger partial charge in [0.25, 0.3) is 0 Å². The van der Waals surface area contributed by atoms with E-state index in [-0.39, 0.29) is 24.6 Å². The number of ether oxygens (including phenoxy) is 6. The number of fused-ring (bicyclic) bond motifs is 2. The molecule has 4 aliphatic rings. The minimum atomic E-state index is -3.71. The minimum Gasteiger partial charge on any atom is -0.497 e. The highest BCUT2D eigenvalue weighted by atomic mass is 32.7. The summed E-state index contributed by atoms with van der Waals surface area (Å²) < 4.78 is 67.6. The minimum absolute atomic E-state index is 0.0252. The molecule has 0 N–H and O–H groups in total. The van der Waals surface area contributed by atoms with Crippen molar-refractivity contribution >= 4 is 41.0 Å². The van der Waals surface area contributed by atoms with Crippen LogP contribution < -0.4 is 9.47 Å². The van der Waals surface area contributed by atoms with E-state index >= 15 is 0 Å². The summed E-state index contributed by atoms with van der Waals surface area (Å²) in [5.41, 5.74) is 2.42. The molecule has 5 heterocycles. The Balaban J connectivity index is 1.14. The maximum absolute atomic E-state index is 14.8. The number of aliphatic imine (C=N–C) groups is 1. The quantitative estimate of drug-likeness (QED) is 0.0533. The van der Waals surface area contributed by atoms with E-state index in [1.165, 1.54) is 17.7 Å². The average Bonchev–Trinajstić information content (AvgIpc) is 4.09. The van der Waals surface area contributed by atoms with E-state index in [2.05, 4.69) is 14.9 Å². The SMILES string of the molecule is COCCO[C@@H]1[C@H](OP2(=O)O[C@@H]3CCCC[C@H]3S2)[C@@H](COC(c2ccccc2)(c2ccc(OC)cc2)c2ccc(OC)cc2)O[C@H]1n1cnc2c(N=C3CCCN3C)ncnc21. The van der Waals surface area contributed by atoms with Crippen LogP contribution in [-0.4, -0.2) is 115 Å². The first-order valence-corrected chi connectivity index (χ1v) is 24.2. The maximum Gasteiger partial charge on any atom is 0.390 e. The molecule has 4 fully saturated rings. The van der Waals surface area contributed by atoms with Crippen molar-refractivity contribution in [2.45, 2.75) is 80.0 Å². The van der Waals surface area contributed by atoms with Gasteiger partial charge in [0.2, 0.25) is 0 Å². The molecule has 0 radical (unpaired) electrons. The number of aromatic nitrogens is 4. The molecule has 0 spiro atoms. The van der Waals surface area contributed by atoms with Gasteiger partial charge in [-0.1, -0.05) is 67.4 Å². The summed E-state index contributed by atoms with van der Waals surface area (Å²) in [6.45, 7) is -2.30. The molecule has 1 aliphatic carbocycles. The van der Waals surface area contributed by atoms with Crippen molar-refractivity contribution in [1.82, 2.24) is 24.4 Å². The first-order chi connectivity index (χ1) is 30.3. The second kappa shape index (κ2) is 18.8. The van der Waals surface area contributed by atoms with E-state index in [1.54, 1.807) is 27.7 Å². The maximum atomic E-state index is 14.8. The Morgan fingerprint density at radius 2 is 1.56 bits per heavy atom.